The quantitative estimate of drug-likeness (QED) is 0.691. The highest BCUT2D eigenvalue weighted by molar-refractivity contribution is 5.88. The van der Waals surface area contributed by atoms with E-state index < -0.39 is 5.60 Å². The van der Waals surface area contributed by atoms with Crippen molar-refractivity contribution in [1.29, 1.82) is 0 Å². The lowest BCUT2D eigenvalue weighted by molar-refractivity contribution is -0.140. The molecule has 3 fully saturated rings. The maximum Gasteiger partial charge on any atom is 0.252 e. The van der Waals surface area contributed by atoms with Crippen LogP contribution in [-0.4, -0.2) is 48.1 Å². The normalized spacial score (nSPS) is 23.8. The molecule has 2 aromatic carbocycles. The van der Waals surface area contributed by atoms with Gasteiger partial charge in [-0.25, -0.2) is 4.39 Å². The number of carbonyl (C=O) groups excluding carboxylic acids is 2. The minimum atomic E-state index is -0.687. The molecule has 1 N–H and O–H groups in total. The van der Waals surface area contributed by atoms with Crippen LogP contribution in [0, 0.1) is 11.7 Å². The number of benzene rings is 2. The van der Waals surface area contributed by atoms with Gasteiger partial charge in [-0.2, -0.15) is 0 Å². The Labute approximate surface area is 194 Å². The van der Waals surface area contributed by atoms with Gasteiger partial charge in [-0.3, -0.25) is 9.59 Å². The summed E-state index contributed by atoms with van der Waals surface area (Å²) in [4.78, 5) is 28.1. The topological polar surface area (TPSA) is 58.6 Å². The number of halogens is 1. The number of likely N-dealkylation sites (tertiary alicyclic amines) is 1. The summed E-state index contributed by atoms with van der Waals surface area (Å²) in [6.07, 6.45) is 5.91. The van der Waals surface area contributed by atoms with Crippen LogP contribution < -0.4 is 5.32 Å². The molecular formula is C27H31FN2O3. The average Bonchev–Trinajstić information content (AvgIpc) is 3.50. The summed E-state index contributed by atoms with van der Waals surface area (Å²) >= 11 is 0. The highest BCUT2D eigenvalue weighted by Gasteiger charge is 2.52. The molecule has 33 heavy (non-hydrogen) atoms. The van der Waals surface area contributed by atoms with Crippen molar-refractivity contribution in [2.24, 2.45) is 5.92 Å². The van der Waals surface area contributed by atoms with E-state index in [9.17, 15) is 14.0 Å². The Morgan fingerprint density at radius 2 is 1.82 bits per heavy atom. The molecule has 5 nitrogen and oxygen atoms in total. The van der Waals surface area contributed by atoms with Crippen LogP contribution in [0.25, 0.3) is 11.1 Å². The van der Waals surface area contributed by atoms with E-state index in [1.807, 2.05) is 29.2 Å². The first-order valence-electron chi connectivity index (χ1n) is 12.0. The third-order valence-corrected chi connectivity index (χ3v) is 7.64. The molecule has 2 saturated carbocycles. The van der Waals surface area contributed by atoms with E-state index in [2.05, 4.69) is 11.4 Å². The van der Waals surface area contributed by atoms with Gasteiger partial charge >= 0.3 is 0 Å². The van der Waals surface area contributed by atoms with Gasteiger partial charge in [0.2, 0.25) is 5.91 Å². The summed E-state index contributed by atoms with van der Waals surface area (Å²) in [5.41, 5.74) is 2.15. The molecule has 0 bridgehead atoms. The molecule has 6 heteroatoms. The zero-order chi connectivity index (χ0) is 23.0. The highest BCUT2D eigenvalue weighted by atomic mass is 19.1. The van der Waals surface area contributed by atoms with Crippen molar-refractivity contribution >= 4 is 11.8 Å². The first kappa shape index (κ1) is 22.1. The van der Waals surface area contributed by atoms with Crippen LogP contribution in [0.5, 0.6) is 0 Å². The molecule has 174 valence electrons. The fourth-order valence-electron chi connectivity index (χ4n) is 5.16. The molecule has 2 aromatic rings. The second-order valence-corrected chi connectivity index (χ2v) is 9.71. The first-order chi connectivity index (χ1) is 16.0. The number of hydrogen-bond donors (Lipinski definition) is 1. The minimum absolute atomic E-state index is 0.0635. The van der Waals surface area contributed by atoms with Crippen LogP contribution >= 0.6 is 0 Å². The van der Waals surface area contributed by atoms with Crippen molar-refractivity contribution in [2.75, 3.05) is 13.7 Å². The summed E-state index contributed by atoms with van der Waals surface area (Å²) in [7, 11) is 1.59. The summed E-state index contributed by atoms with van der Waals surface area (Å²) in [5.74, 6) is 0.0128. The molecule has 5 rings (SSSR count). The summed E-state index contributed by atoms with van der Waals surface area (Å²) < 4.78 is 19.2. The fourth-order valence-corrected chi connectivity index (χ4v) is 5.16. The van der Waals surface area contributed by atoms with E-state index in [0.29, 0.717) is 13.0 Å². The number of rotatable bonds is 7. The van der Waals surface area contributed by atoms with Crippen molar-refractivity contribution in [3.63, 3.8) is 0 Å². The van der Waals surface area contributed by atoms with E-state index >= 15 is 0 Å². The molecule has 1 aliphatic heterocycles. The van der Waals surface area contributed by atoms with E-state index in [0.717, 1.165) is 55.2 Å². The zero-order valence-corrected chi connectivity index (χ0v) is 19.1. The number of ether oxygens (including phenoxy) is 1. The molecule has 1 saturated heterocycles. The van der Waals surface area contributed by atoms with E-state index in [1.165, 1.54) is 12.1 Å². The predicted octanol–water partition coefficient (Wildman–Crippen LogP) is 4.10. The van der Waals surface area contributed by atoms with E-state index in [-0.39, 0.29) is 35.6 Å². The third kappa shape index (κ3) is 4.41. The first-order valence-corrected chi connectivity index (χ1v) is 12.0. The molecule has 2 amide bonds. The largest absolute Gasteiger partial charge is 0.368 e. The Hall–Kier alpha value is -2.73. The smallest absolute Gasteiger partial charge is 0.252 e. The second-order valence-electron chi connectivity index (χ2n) is 9.71. The SMILES string of the molecule is COC1(C(=O)N[C@@H]2CCN(C(=O)C3CCC3)[C@@H]2Cc2cccc(-c3cccc(F)c3)c2)CC1. The highest BCUT2D eigenvalue weighted by Crippen LogP contribution is 2.40. The van der Waals surface area contributed by atoms with Crippen molar-refractivity contribution in [3.8, 4) is 11.1 Å². The Kier molecular flexibility index (Phi) is 5.95. The standard InChI is InChI=1S/C27H31FN2O3/c1-33-27(12-13-27)26(32)29-23-11-14-30(25(31)19-6-3-7-19)24(23)16-18-5-2-8-20(15-18)21-9-4-10-22(28)17-21/h2,4-5,8-10,15,17,19,23-24H,3,6-7,11-14,16H2,1H3,(H,29,32)/t23-,24-/m1/s1. The number of amides is 2. The van der Waals surface area contributed by atoms with Crippen molar-refractivity contribution in [1.82, 2.24) is 10.2 Å². The van der Waals surface area contributed by atoms with Gasteiger partial charge in [0.1, 0.15) is 11.4 Å². The molecule has 2 aliphatic carbocycles. The lowest BCUT2D eigenvalue weighted by Gasteiger charge is -2.35. The summed E-state index contributed by atoms with van der Waals surface area (Å²) in [5, 5.41) is 3.21. The number of carbonyl (C=O) groups is 2. The Morgan fingerprint density at radius 1 is 1.09 bits per heavy atom. The zero-order valence-electron chi connectivity index (χ0n) is 19.1. The number of methoxy groups -OCH3 is 1. The van der Waals surface area contributed by atoms with Gasteiger partial charge in [0, 0.05) is 19.6 Å². The van der Waals surface area contributed by atoms with Gasteiger partial charge in [-0.1, -0.05) is 42.8 Å². The van der Waals surface area contributed by atoms with Gasteiger partial charge in [0.05, 0.1) is 12.1 Å². The van der Waals surface area contributed by atoms with Crippen molar-refractivity contribution in [2.45, 2.75) is 62.6 Å². The van der Waals surface area contributed by atoms with Gasteiger partial charge in [0.15, 0.2) is 0 Å². The third-order valence-electron chi connectivity index (χ3n) is 7.64. The van der Waals surface area contributed by atoms with Crippen molar-refractivity contribution < 1.29 is 18.7 Å². The number of nitrogens with zero attached hydrogens (tertiary/aromatic N) is 1. The second kappa shape index (κ2) is 8.90. The predicted molar refractivity (Wildman–Crippen MR) is 124 cm³/mol. The molecule has 3 aliphatic rings. The van der Waals surface area contributed by atoms with Gasteiger partial charge in [-0.05, 0) is 67.3 Å². The van der Waals surface area contributed by atoms with Crippen molar-refractivity contribution in [3.05, 3.63) is 59.9 Å². The van der Waals surface area contributed by atoms with Crippen LogP contribution in [0.1, 0.15) is 44.1 Å². The number of nitrogens with one attached hydrogen (secondary N) is 1. The number of hydrogen-bond acceptors (Lipinski definition) is 3. The van der Waals surface area contributed by atoms with E-state index in [4.69, 9.17) is 4.74 Å². The molecule has 0 spiro atoms. The molecule has 1 heterocycles. The molecule has 0 radical (unpaired) electrons. The van der Waals surface area contributed by atoms with Gasteiger partial charge in [0.25, 0.3) is 5.91 Å². The minimum Gasteiger partial charge on any atom is -0.368 e. The molecule has 0 aromatic heterocycles. The van der Waals surface area contributed by atoms with Crippen LogP contribution in [0.3, 0.4) is 0 Å². The maximum atomic E-state index is 13.7. The monoisotopic (exact) mass is 450 g/mol. The lowest BCUT2D eigenvalue weighted by atomic mass is 9.84. The Morgan fingerprint density at radius 3 is 2.45 bits per heavy atom. The summed E-state index contributed by atoms with van der Waals surface area (Å²) in [6.45, 7) is 0.661. The van der Waals surface area contributed by atoms with Gasteiger partial charge < -0.3 is 15.0 Å². The average molecular weight is 451 g/mol. The Bertz CT molecular complexity index is 1050. The van der Waals surface area contributed by atoms with E-state index in [1.54, 1.807) is 13.2 Å². The van der Waals surface area contributed by atoms with Crippen LogP contribution in [0.2, 0.25) is 0 Å². The molecule has 2 atom stereocenters. The van der Waals surface area contributed by atoms with Crippen LogP contribution in [0.15, 0.2) is 48.5 Å². The van der Waals surface area contributed by atoms with Gasteiger partial charge in [-0.15, -0.1) is 0 Å². The summed E-state index contributed by atoms with van der Waals surface area (Å²) in [6, 6.07) is 14.4. The lowest BCUT2D eigenvalue weighted by Crippen LogP contribution is -2.52. The van der Waals surface area contributed by atoms with Crippen LogP contribution in [-0.2, 0) is 20.7 Å². The molecule has 0 unspecified atom stereocenters. The molecular weight excluding hydrogens is 419 g/mol. The maximum absolute atomic E-state index is 13.7. The Balaban J connectivity index is 1.38. The fraction of sp³-hybridized carbons (Fsp3) is 0.481. The van der Waals surface area contributed by atoms with Crippen LogP contribution in [0.4, 0.5) is 4.39 Å².